The van der Waals surface area contributed by atoms with Gasteiger partial charge in [-0.05, 0) is 11.1 Å². The zero-order valence-electron chi connectivity index (χ0n) is 9.51. The third kappa shape index (κ3) is 3.23. The molecule has 1 unspecified atom stereocenters. The topological polar surface area (TPSA) is 48.2 Å². The van der Waals surface area contributed by atoms with Crippen LogP contribution in [0.5, 0.6) is 0 Å². The molecule has 0 heterocycles. The molecular formula is C14H15N3. The van der Waals surface area contributed by atoms with Gasteiger partial charge in [0.2, 0.25) is 0 Å². The van der Waals surface area contributed by atoms with E-state index in [0.717, 1.165) is 5.56 Å². The van der Waals surface area contributed by atoms with Crippen LogP contribution in [0.15, 0.2) is 65.8 Å². The average molecular weight is 225 g/mol. The van der Waals surface area contributed by atoms with E-state index in [1.54, 1.807) is 0 Å². The van der Waals surface area contributed by atoms with Crippen LogP contribution in [-0.2, 0) is 6.54 Å². The molecule has 0 radical (unpaired) electrons. The van der Waals surface area contributed by atoms with Crippen LogP contribution in [0.25, 0.3) is 0 Å². The monoisotopic (exact) mass is 225 g/mol. The van der Waals surface area contributed by atoms with E-state index in [4.69, 9.17) is 5.53 Å². The van der Waals surface area contributed by atoms with Crippen molar-refractivity contribution < 1.29 is 0 Å². The lowest BCUT2D eigenvalue weighted by atomic mass is 10.1. The molecule has 1 atom stereocenters. The minimum absolute atomic E-state index is 0.267. The molecule has 0 spiro atoms. The van der Waals surface area contributed by atoms with Gasteiger partial charge in [-0.15, -0.1) is 0 Å². The number of nitrogens with zero attached hydrogens (tertiary/aromatic N) is 1. The first kappa shape index (κ1) is 11.5. The number of benzene rings is 2. The van der Waals surface area contributed by atoms with Gasteiger partial charge in [0.05, 0.1) is 0 Å². The zero-order valence-corrected chi connectivity index (χ0v) is 9.51. The molecule has 3 heteroatoms. The molecule has 3 nitrogen and oxygen atoms in total. The maximum absolute atomic E-state index is 7.23. The van der Waals surface area contributed by atoms with E-state index >= 15 is 0 Å². The molecule has 0 amide bonds. The van der Waals surface area contributed by atoms with Crippen LogP contribution >= 0.6 is 0 Å². The van der Waals surface area contributed by atoms with Crippen molar-refractivity contribution in [1.29, 1.82) is 5.53 Å². The third-order valence-electron chi connectivity index (χ3n) is 2.59. The maximum atomic E-state index is 7.23. The Kier molecular flexibility index (Phi) is 4.00. The summed E-state index contributed by atoms with van der Waals surface area (Å²) in [5.41, 5.74) is 9.43. The van der Waals surface area contributed by atoms with Crippen molar-refractivity contribution in [2.45, 2.75) is 12.7 Å². The maximum Gasteiger partial charge on any atom is 0.146 e. The number of hydrogen-bond acceptors (Lipinski definition) is 3. The van der Waals surface area contributed by atoms with Gasteiger partial charge in [0.25, 0.3) is 0 Å². The van der Waals surface area contributed by atoms with Gasteiger partial charge >= 0.3 is 0 Å². The van der Waals surface area contributed by atoms with E-state index in [2.05, 4.69) is 22.6 Å². The molecule has 86 valence electrons. The van der Waals surface area contributed by atoms with Crippen molar-refractivity contribution in [2.75, 3.05) is 0 Å². The molecule has 0 fully saturated rings. The quantitative estimate of drug-likeness (QED) is 0.752. The van der Waals surface area contributed by atoms with E-state index in [0.29, 0.717) is 6.54 Å². The highest BCUT2D eigenvalue weighted by atomic mass is 15.1. The Bertz CT molecular complexity index is 453. The van der Waals surface area contributed by atoms with Crippen LogP contribution in [0.3, 0.4) is 0 Å². The van der Waals surface area contributed by atoms with Crippen molar-refractivity contribution in [1.82, 2.24) is 5.32 Å². The van der Waals surface area contributed by atoms with Gasteiger partial charge in [0, 0.05) is 6.54 Å². The van der Waals surface area contributed by atoms with Crippen LogP contribution in [-0.4, -0.2) is 0 Å². The van der Waals surface area contributed by atoms with Crippen LogP contribution < -0.4 is 5.32 Å². The fourth-order valence-corrected chi connectivity index (χ4v) is 1.68. The first-order valence-electron chi connectivity index (χ1n) is 5.59. The van der Waals surface area contributed by atoms with Crippen molar-refractivity contribution in [2.24, 2.45) is 5.11 Å². The van der Waals surface area contributed by atoms with E-state index in [-0.39, 0.29) is 6.17 Å². The molecule has 2 N–H and O–H groups in total. The predicted octanol–water partition coefficient (Wildman–Crippen LogP) is 3.51. The van der Waals surface area contributed by atoms with Crippen LogP contribution in [0.4, 0.5) is 0 Å². The van der Waals surface area contributed by atoms with Gasteiger partial charge < -0.3 is 0 Å². The smallest absolute Gasteiger partial charge is 0.146 e. The molecule has 0 aliphatic carbocycles. The first-order valence-corrected chi connectivity index (χ1v) is 5.59. The highest BCUT2D eigenvalue weighted by molar-refractivity contribution is 5.19. The lowest BCUT2D eigenvalue weighted by Gasteiger charge is -2.13. The molecule has 0 aromatic heterocycles. The summed E-state index contributed by atoms with van der Waals surface area (Å²) in [4.78, 5) is 0. The molecule has 0 saturated heterocycles. The van der Waals surface area contributed by atoms with Crippen LogP contribution in [0, 0.1) is 5.53 Å². The molecule has 2 rings (SSSR count). The largest absolute Gasteiger partial charge is 0.286 e. The fraction of sp³-hybridized carbons (Fsp3) is 0.143. The number of hydrogen-bond donors (Lipinski definition) is 2. The van der Waals surface area contributed by atoms with Crippen molar-refractivity contribution in [3.63, 3.8) is 0 Å². The normalized spacial score (nSPS) is 12.0. The molecule has 0 saturated carbocycles. The Hall–Kier alpha value is -2.00. The summed E-state index contributed by atoms with van der Waals surface area (Å²) in [6.07, 6.45) is -0.267. The first-order chi connectivity index (χ1) is 8.40. The number of rotatable bonds is 5. The molecule has 0 bridgehead atoms. The molecule has 17 heavy (non-hydrogen) atoms. The van der Waals surface area contributed by atoms with E-state index < -0.39 is 0 Å². The fourth-order valence-electron chi connectivity index (χ4n) is 1.68. The Labute approximate surface area is 101 Å². The van der Waals surface area contributed by atoms with E-state index in [1.165, 1.54) is 5.56 Å². The second-order valence-electron chi connectivity index (χ2n) is 3.81. The van der Waals surface area contributed by atoms with Gasteiger partial charge in [-0.1, -0.05) is 60.7 Å². The lowest BCUT2D eigenvalue weighted by Crippen LogP contribution is -2.18. The lowest BCUT2D eigenvalue weighted by molar-refractivity contribution is 0.522. The van der Waals surface area contributed by atoms with Crippen molar-refractivity contribution in [3.8, 4) is 0 Å². The number of nitrogens with one attached hydrogen (secondary N) is 2. The second kappa shape index (κ2) is 5.92. The molecule has 0 aliphatic rings. The summed E-state index contributed by atoms with van der Waals surface area (Å²) in [6, 6.07) is 19.9. The molecule has 0 aliphatic heterocycles. The Balaban J connectivity index is 2.00. The summed E-state index contributed by atoms with van der Waals surface area (Å²) < 4.78 is 0. The van der Waals surface area contributed by atoms with E-state index in [9.17, 15) is 0 Å². The highest BCUT2D eigenvalue weighted by Crippen LogP contribution is 2.14. The third-order valence-corrected chi connectivity index (χ3v) is 2.59. The van der Waals surface area contributed by atoms with Crippen molar-refractivity contribution in [3.05, 3.63) is 71.8 Å². The van der Waals surface area contributed by atoms with Gasteiger partial charge in [-0.25, -0.2) is 5.53 Å². The van der Waals surface area contributed by atoms with Crippen molar-refractivity contribution >= 4 is 0 Å². The zero-order chi connectivity index (χ0) is 11.9. The Morgan fingerprint density at radius 1 is 0.941 bits per heavy atom. The van der Waals surface area contributed by atoms with Gasteiger partial charge in [-0.3, -0.25) is 5.32 Å². The average Bonchev–Trinajstić information content (AvgIpc) is 2.42. The Morgan fingerprint density at radius 2 is 1.53 bits per heavy atom. The SMILES string of the molecule is N=NC(NCc1ccccc1)c1ccccc1. The summed E-state index contributed by atoms with van der Waals surface area (Å²) in [7, 11) is 0. The van der Waals surface area contributed by atoms with Gasteiger partial charge in [-0.2, -0.15) is 5.11 Å². The minimum atomic E-state index is -0.267. The van der Waals surface area contributed by atoms with Gasteiger partial charge in [0.1, 0.15) is 6.17 Å². The minimum Gasteiger partial charge on any atom is -0.286 e. The summed E-state index contributed by atoms with van der Waals surface area (Å²) in [5.74, 6) is 0. The molecule has 2 aromatic rings. The Morgan fingerprint density at radius 3 is 2.12 bits per heavy atom. The summed E-state index contributed by atoms with van der Waals surface area (Å²) in [6.45, 7) is 0.711. The predicted molar refractivity (Wildman–Crippen MR) is 67.6 cm³/mol. The van der Waals surface area contributed by atoms with Crippen LogP contribution in [0.2, 0.25) is 0 Å². The summed E-state index contributed by atoms with van der Waals surface area (Å²) in [5, 5.41) is 6.86. The highest BCUT2D eigenvalue weighted by Gasteiger charge is 2.07. The van der Waals surface area contributed by atoms with Gasteiger partial charge in [0.15, 0.2) is 0 Å². The van der Waals surface area contributed by atoms with E-state index in [1.807, 2.05) is 48.5 Å². The summed E-state index contributed by atoms with van der Waals surface area (Å²) >= 11 is 0. The van der Waals surface area contributed by atoms with Crippen LogP contribution in [0.1, 0.15) is 17.3 Å². The molecular weight excluding hydrogens is 210 g/mol. The second-order valence-corrected chi connectivity index (χ2v) is 3.81. The standard InChI is InChI=1S/C14H15N3/c15-17-14(13-9-5-2-6-10-13)16-11-12-7-3-1-4-8-12/h1-10,14-16H,11H2. The molecule has 2 aromatic carbocycles.